The van der Waals surface area contributed by atoms with Crippen molar-refractivity contribution in [1.29, 1.82) is 0 Å². The summed E-state index contributed by atoms with van der Waals surface area (Å²) in [5.41, 5.74) is 11.7. The van der Waals surface area contributed by atoms with Gasteiger partial charge in [-0.15, -0.1) is 0 Å². The summed E-state index contributed by atoms with van der Waals surface area (Å²) < 4.78 is 0. The highest BCUT2D eigenvalue weighted by Crippen LogP contribution is 2.27. The molecule has 1 aromatic rings. The molecule has 5 heteroatoms. The summed E-state index contributed by atoms with van der Waals surface area (Å²) in [5.74, 6) is -0.365. The number of primary amides is 1. The first-order valence-corrected chi connectivity index (χ1v) is 5.25. The summed E-state index contributed by atoms with van der Waals surface area (Å²) in [6.07, 6.45) is 0.733. The number of benzene rings is 1. The molecule has 0 fully saturated rings. The van der Waals surface area contributed by atoms with Gasteiger partial charge in [0.25, 0.3) is 0 Å². The molecule has 3 nitrogen and oxygen atoms in total. The standard InChI is InChI=1S/C10H12Cl2N2O/c11-6-1-2-7(8(12)5-6)9(13)3-4-10(14)15/h1-2,5,9H,3-4,13H2,(H2,14,15). The second kappa shape index (κ2) is 5.35. The Bertz CT molecular complexity index is 368. The Kier molecular flexibility index (Phi) is 4.39. The molecule has 82 valence electrons. The normalized spacial score (nSPS) is 12.5. The van der Waals surface area contributed by atoms with Crippen molar-refractivity contribution in [2.45, 2.75) is 18.9 Å². The van der Waals surface area contributed by atoms with E-state index in [0.29, 0.717) is 16.5 Å². The van der Waals surface area contributed by atoms with Crippen molar-refractivity contribution < 1.29 is 4.79 Å². The van der Waals surface area contributed by atoms with Crippen LogP contribution in [-0.2, 0) is 4.79 Å². The molecule has 1 unspecified atom stereocenters. The van der Waals surface area contributed by atoms with Gasteiger partial charge >= 0.3 is 0 Å². The van der Waals surface area contributed by atoms with Crippen LogP contribution in [0.3, 0.4) is 0 Å². The second-order valence-electron chi connectivity index (χ2n) is 3.28. The molecular formula is C10H12Cl2N2O. The molecule has 4 N–H and O–H groups in total. The van der Waals surface area contributed by atoms with Gasteiger partial charge in [-0.2, -0.15) is 0 Å². The minimum Gasteiger partial charge on any atom is -0.370 e. The maximum atomic E-state index is 10.6. The molecule has 0 saturated carbocycles. The van der Waals surface area contributed by atoms with Gasteiger partial charge in [-0.25, -0.2) is 0 Å². The van der Waals surface area contributed by atoms with E-state index in [2.05, 4.69) is 0 Å². The van der Waals surface area contributed by atoms with Gasteiger partial charge in [0.2, 0.25) is 5.91 Å². The van der Waals surface area contributed by atoms with Crippen molar-refractivity contribution in [1.82, 2.24) is 0 Å². The topological polar surface area (TPSA) is 69.1 Å². The first kappa shape index (κ1) is 12.3. The number of halogens is 2. The van der Waals surface area contributed by atoms with E-state index < -0.39 is 0 Å². The van der Waals surface area contributed by atoms with Crippen molar-refractivity contribution in [2.24, 2.45) is 11.5 Å². The molecule has 15 heavy (non-hydrogen) atoms. The van der Waals surface area contributed by atoms with E-state index in [4.69, 9.17) is 34.7 Å². The van der Waals surface area contributed by atoms with E-state index in [-0.39, 0.29) is 18.4 Å². The van der Waals surface area contributed by atoms with Gasteiger partial charge in [0, 0.05) is 22.5 Å². The van der Waals surface area contributed by atoms with E-state index in [9.17, 15) is 4.79 Å². The molecule has 0 radical (unpaired) electrons. The third kappa shape index (κ3) is 3.70. The zero-order valence-corrected chi connectivity index (χ0v) is 9.55. The van der Waals surface area contributed by atoms with Gasteiger partial charge in [0.15, 0.2) is 0 Å². The number of rotatable bonds is 4. The van der Waals surface area contributed by atoms with Crippen molar-refractivity contribution >= 4 is 29.1 Å². The molecule has 0 aliphatic carbocycles. The Morgan fingerprint density at radius 2 is 2.07 bits per heavy atom. The van der Waals surface area contributed by atoms with Gasteiger partial charge in [-0.05, 0) is 24.1 Å². The molecule has 0 heterocycles. The summed E-state index contributed by atoms with van der Waals surface area (Å²) in [6, 6.07) is 4.81. The van der Waals surface area contributed by atoms with Gasteiger partial charge in [-0.3, -0.25) is 4.79 Å². The Hall–Kier alpha value is -0.770. The highest BCUT2D eigenvalue weighted by molar-refractivity contribution is 6.35. The van der Waals surface area contributed by atoms with Crippen LogP contribution in [0, 0.1) is 0 Å². The molecule has 1 amide bonds. The summed E-state index contributed by atoms with van der Waals surface area (Å²) in [6.45, 7) is 0. The van der Waals surface area contributed by atoms with Crippen molar-refractivity contribution in [3.05, 3.63) is 33.8 Å². The third-order valence-electron chi connectivity index (χ3n) is 2.06. The minimum absolute atomic E-state index is 0.250. The first-order chi connectivity index (χ1) is 7.00. The fraction of sp³-hybridized carbons (Fsp3) is 0.300. The third-order valence-corrected chi connectivity index (χ3v) is 2.63. The minimum atomic E-state index is -0.365. The predicted molar refractivity (Wildman–Crippen MR) is 61.8 cm³/mol. The summed E-state index contributed by atoms with van der Waals surface area (Å²) in [4.78, 5) is 10.6. The van der Waals surface area contributed by atoms with Crippen LogP contribution >= 0.6 is 23.2 Å². The largest absolute Gasteiger partial charge is 0.370 e. The van der Waals surface area contributed by atoms with Gasteiger partial charge in [0.1, 0.15) is 0 Å². The molecule has 0 bridgehead atoms. The lowest BCUT2D eigenvalue weighted by atomic mass is 10.0. The van der Waals surface area contributed by atoms with Gasteiger partial charge in [-0.1, -0.05) is 29.3 Å². The molecule has 0 spiro atoms. The fourth-order valence-electron chi connectivity index (χ4n) is 1.26. The maximum Gasteiger partial charge on any atom is 0.217 e. The quantitative estimate of drug-likeness (QED) is 0.856. The van der Waals surface area contributed by atoms with Crippen molar-refractivity contribution in [3.63, 3.8) is 0 Å². The number of amides is 1. The fourth-order valence-corrected chi connectivity index (χ4v) is 1.80. The Morgan fingerprint density at radius 1 is 1.40 bits per heavy atom. The molecule has 0 aliphatic rings. The van der Waals surface area contributed by atoms with E-state index in [1.165, 1.54) is 0 Å². The van der Waals surface area contributed by atoms with E-state index in [0.717, 1.165) is 5.56 Å². The highest BCUT2D eigenvalue weighted by atomic mass is 35.5. The van der Waals surface area contributed by atoms with Crippen LogP contribution in [0.4, 0.5) is 0 Å². The number of nitrogens with two attached hydrogens (primary N) is 2. The zero-order valence-electron chi connectivity index (χ0n) is 8.04. The van der Waals surface area contributed by atoms with Crippen LogP contribution in [0.15, 0.2) is 18.2 Å². The predicted octanol–water partition coefficient (Wildman–Crippen LogP) is 2.26. The molecule has 1 atom stereocenters. The zero-order chi connectivity index (χ0) is 11.4. The number of carbonyl (C=O) groups is 1. The summed E-state index contributed by atoms with van der Waals surface area (Å²) in [5, 5.41) is 1.07. The van der Waals surface area contributed by atoms with Crippen LogP contribution < -0.4 is 11.5 Å². The van der Waals surface area contributed by atoms with E-state index >= 15 is 0 Å². The second-order valence-corrected chi connectivity index (χ2v) is 4.12. The Balaban J connectivity index is 2.73. The monoisotopic (exact) mass is 246 g/mol. The van der Waals surface area contributed by atoms with Gasteiger partial charge in [0.05, 0.1) is 0 Å². The van der Waals surface area contributed by atoms with E-state index in [1.54, 1.807) is 18.2 Å². The average Bonchev–Trinajstić information content (AvgIpc) is 2.14. The summed E-state index contributed by atoms with van der Waals surface area (Å²) in [7, 11) is 0. The maximum absolute atomic E-state index is 10.6. The van der Waals surface area contributed by atoms with Crippen LogP contribution in [0.5, 0.6) is 0 Å². The molecule has 0 aliphatic heterocycles. The molecule has 1 aromatic carbocycles. The van der Waals surface area contributed by atoms with Gasteiger partial charge < -0.3 is 11.5 Å². The van der Waals surface area contributed by atoms with E-state index in [1.807, 2.05) is 0 Å². The van der Waals surface area contributed by atoms with Crippen LogP contribution in [0.25, 0.3) is 0 Å². The number of hydrogen-bond acceptors (Lipinski definition) is 2. The lowest BCUT2D eigenvalue weighted by Gasteiger charge is -2.12. The van der Waals surface area contributed by atoms with Crippen LogP contribution in [0.1, 0.15) is 24.4 Å². The Labute approximate surface area is 98.3 Å². The lowest BCUT2D eigenvalue weighted by Crippen LogP contribution is -2.16. The number of carbonyl (C=O) groups excluding carboxylic acids is 1. The molecule has 0 aromatic heterocycles. The number of hydrogen-bond donors (Lipinski definition) is 2. The molecule has 0 saturated heterocycles. The van der Waals surface area contributed by atoms with Crippen molar-refractivity contribution in [2.75, 3.05) is 0 Å². The van der Waals surface area contributed by atoms with Crippen LogP contribution in [0.2, 0.25) is 10.0 Å². The summed E-state index contributed by atoms with van der Waals surface area (Å²) >= 11 is 11.7. The molecule has 1 rings (SSSR count). The average molecular weight is 247 g/mol. The molecular weight excluding hydrogens is 235 g/mol. The smallest absolute Gasteiger partial charge is 0.217 e. The highest BCUT2D eigenvalue weighted by Gasteiger charge is 2.11. The Morgan fingerprint density at radius 3 is 2.60 bits per heavy atom. The van der Waals surface area contributed by atoms with Crippen molar-refractivity contribution in [3.8, 4) is 0 Å². The lowest BCUT2D eigenvalue weighted by molar-refractivity contribution is -0.118. The SMILES string of the molecule is NC(=O)CCC(N)c1ccc(Cl)cc1Cl. The van der Waals surface area contributed by atoms with Crippen LogP contribution in [-0.4, -0.2) is 5.91 Å². The first-order valence-electron chi connectivity index (χ1n) is 4.49.